The van der Waals surface area contributed by atoms with Crippen LogP contribution in [-0.2, 0) is 4.79 Å². The van der Waals surface area contributed by atoms with Crippen molar-refractivity contribution in [3.63, 3.8) is 0 Å². The first-order valence-electron chi connectivity index (χ1n) is 9.50. The zero-order valence-electron chi connectivity index (χ0n) is 15.5. The van der Waals surface area contributed by atoms with E-state index >= 15 is 0 Å². The van der Waals surface area contributed by atoms with Crippen molar-refractivity contribution < 1.29 is 9.32 Å². The van der Waals surface area contributed by atoms with E-state index in [1.807, 2.05) is 29.0 Å². The minimum Gasteiger partial charge on any atom is -0.343 e. The summed E-state index contributed by atoms with van der Waals surface area (Å²) in [4.78, 5) is 23.0. The van der Waals surface area contributed by atoms with E-state index in [0.717, 1.165) is 56.0 Å². The molecule has 2 aromatic rings. The Labute approximate surface area is 158 Å². The third-order valence-electron chi connectivity index (χ3n) is 5.21. The van der Waals surface area contributed by atoms with Gasteiger partial charge in [0.25, 0.3) is 5.89 Å². The van der Waals surface area contributed by atoms with Crippen molar-refractivity contribution >= 4 is 11.6 Å². The first-order chi connectivity index (χ1) is 13.2. The molecule has 0 aromatic carbocycles. The molecule has 8 heteroatoms. The maximum atomic E-state index is 12.5. The van der Waals surface area contributed by atoms with Crippen LogP contribution in [-0.4, -0.2) is 62.8 Å². The summed E-state index contributed by atoms with van der Waals surface area (Å²) in [6.07, 6.45) is 6.67. The topological polar surface area (TPSA) is 87.7 Å². The third kappa shape index (κ3) is 4.15. The van der Waals surface area contributed by atoms with E-state index in [0.29, 0.717) is 18.9 Å². The Morgan fingerprint density at radius 3 is 2.70 bits per heavy atom. The molecule has 1 amide bonds. The van der Waals surface area contributed by atoms with Gasteiger partial charge in [-0.25, -0.2) is 0 Å². The molecule has 27 heavy (non-hydrogen) atoms. The normalized spacial score (nSPS) is 18.0. The fraction of sp³-hybridized carbons (Fsp3) is 0.526. The second-order valence-corrected chi connectivity index (χ2v) is 7.14. The smallest absolute Gasteiger partial charge is 0.258 e. The number of carbonyl (C=O) groups excluding carboxylic acids is 1. The number of likely N-dealkylation sites (tertiary alicyclic amines) is 1. The van der Waals surface area contributed by atoms with Crippen LogP contribution in [0.3, 0.4) is 0 Å². The fourth-order valence-corrected chi connectivity index (χ4v) is 3.58. The molecule has 0 unspecified atom stereocenters. The van der Waals surface area contributed by atoms with E-state index in [-0.39, 0.29) is 11.8 Å². The molecule has 0 radical (unpaired) electrons. The molecule has 2 aromatic heterocycles. The van der Waals surface area contributed by atoms with E-state index in [2.05, 4.69) is 20.2 Å². The van der Waals surface area contributed by atoms with Crippen LogP contribution in [0, 0.1) is 0 Å². The average Bonchev–Trinajstić information content (AvgIpc) is 3.36. The highest BCUT2D eigenvalue weighted by atomic mass is 16.5. The number of hydrogen-bond donors (Lipinski definition) is 0. The first-order valence-corrected chi connectivity index (χ1v) is 9.50. The van der Waals surface area contributed by atoms with Crippen molar-refractivity contribution in [3.8, 4) is 11.5 Å². The van der Waals surface area contributed by atoms with Crippen molar-refractivity contribution in [3.05, 3.63) is 30.4 Å². The molecule has 0 N–H and O–H groups in total. The Kier molecular flexibility index (Phi) is 5.13. The Morgan fingerprint density at radius 1 is 1.22 bits per heavy atom. The highest BCUT2D eigenvalue weighted by Gasteiger charge is 2.27. The standard InChI is InChI=1S/C19H24N6O2/c1-14-4-12-25(22-14)13-7-17(26)24-10-5-15(6-11-24)18-21-19(27-23-18)16-2-8-20-9-3-16/h2-3,8-9,15H,4-7,10-13H2,1H3. The molecule has 4 rings (SSSR count). The molecule has 0 spiro atoms. The van der Waals surface area contributed by atoms with Crippen LogP contribution in [0.1, 0.15) is 44.3 Å². The second-order valence-electron chi connectivity index (χ2n) is 7.14. The largest absolute Gasteiger partial charge is 0.343 e. The molecule has 4 heterocycles. The maximum absolute atomic E-state index is 12.5. The molecule has 2 aliphatic rings. The molecule has 142 valence electrons. The van der Waals surface area contributed by atoms with Gasteiger partial charge < -0.3 is 9.42 Å². The zero-order chi connectivity index (χ0) is 18.6. The molecule has 2 aliphatic heterocycles. The molecule has 1 fully saturated rings. The molecule has 0 saturated carbocycles. The summed E-state index contributed by atoms with van der Waals surface area (Å²) in [5.41, 5.74) is 2.02. The zero-order valence-corrected chi connectivity index (χ0v) is 15.5. The summed E-state index contributed by atoms with van der Waals surface area (Å²) in [5, 5.41) is 10.6. The average molecular weight is 368 g/mol. The van der Waals surface area contributed by atoms with E-state index in [4.69, 9.17) is 4.52 Å². The molecule has 0 atom stereocenters. The van der Waals surface area contributed by atoms with E-state index in [9.17, 15) is 4.79 Å². The number of aromatic nitrogens is 3. The number of piperidine rings is 1. The van der Waals surface area contributed by atoms with Crippen LogP contribution in [0.2, 0.25) is 0 Å². The molecule has 8 nitrogen and oxygen atoms in total. The Morgan fingerprint density at radius 2 is 2.00 bits per heavy atom. The van der Waals surface area contributed by atoms with Crippen molar-refractivity contribution in [1.82, 2.24) is 25.0 Å². The molecular weight excluding hydrogens is 344 g/mol. The van der Waals surface area contributed by atoms with Gasteiger partial charge in [0.15, 0.2) is 5.82 Å². The molecular formula is C19H24N6O2. The van der Waals surface area contributed by atoms with Gasteiger partial charge in [0.05, 0.1) is 0 Å². The van der Waals surface area contributed by atoms with E-state index in [1.165, 1.54) is 0 Å². The Hall–Kier alpha value is -2.77. The molecule has 1 saturated heterocycles. The van der Waals surface area contributed by atoms with E-state index in [1.54, 1.807) is 12.4 Å². The van der Waals surface area contributed by atoms with Crippen molar-refractivity contribution in [2.45, 2.75) is 38.5 Å². The predicted octanol–water partition coefficient (Wildman–Crippen LogP) is 2.31. The fourth-order valence-electron chi connectivity index (χ4n) is 3.58. The summed E-state index contributed by atoms with van der Waals surface area (Å²) in [5.74, 6) is 1.70. The summed E-state index contributed by atoms with van der Waals surface area (Å²) in [7, 11) is 0. The lowest BCUT2D eigenvalue weighted by atomic mass is 9.96. The number of hydrogen-bond acceptors (Lipinski definition) is 7. The molecule has 0 aliphatic carbocycles. The van der Waals surface area contributed by atoms with Crippen LogP contribution in [0.15, 0.2) is 34.2 Å². The quantitative estimate of drug-likeness (QED) is 0.805. The SMILES string of the molecule is CC1=NN(CCC(=O)N2CCC(c3noc(-c4ccncc4)n3)CC2)CC1. The van der Waals surface area contributed by atoms with Gasteiger partial charge in [0.1, 0.15) is 0 Å². The van der Waals surface area contributed by atoms with Crippen LogP contribution in [0.5, 0.6) is 0 Å². The van der Waals surface area contributed by atoms with Crippen molar-refractivity contribution in [2.24, 2.45) is 5.10 Å². The number of amides is 1. The molecule has 0 bridgehead atoms. The van der Waals surface area contributed by atoms with Crippen LogP contribution in [0.25, 0.3) is 11.5 Å². The first kappa shape index (κ1) is 17.6. The van der Waals surface area contributed by atoms with Crippen LogP contribution >= 0.6 is 0 Å². The summed E-state index contributed by atoms with van der Waals surface area (Å²) >= 11 is 0. The second kappa shape index (κ2) is 7.85. The highest BCUT2D eigenvalue weighted by Crippen LogP contribution is 2.28. The third-order valence-corrected chi connectivity index (χ3v) is 5.21. The van der Waals surface area contributed by atoms with Gasteiger partial charge in [-0.3, -0.25) is 14.8 Å². The number of hydrazone groups is 1. The van der Waals surface area contributed by atoms with Gasteiger partial charge in [0, 0.05) is 68.6 Å². The predicted molar refractivity (Wildman–Crippen MR) is 100 cm³/mol. The summed E-state index contributed by atoms with van der Waals surface area (Å²) < 4.78 is 5.40. The van der Waals surface area contributed by atoms with Gasteiger partial charge in [0.2, 0.25) is 5.91 Å². The number of rotatable bonds is 5. The Balaban J connectivity index is 1.27. The van der Waals surface area contributed by atoms with Gasteiger partial charge in [-0.15, -0.1) is 0 Å². The van der Waals surface area contributed by atoms with Gasteiger partial charge in [-0.2, -0.15) is 10.1 Å². The van der Waals surface area contributed by atoms with E-state index < -0.39 is 0 Å². The van der Waals surface area contributed by atoms with Crippen LogP contribution < -0.4 is 0 Å². The number of carbonyl (C=O) groups is 1. The lowest BCUT2D eigenvalue weighted by Gasteiger charge is -2.31. The van der Waals surface area contributed by atoms with Gasteiger partial charge in [-0.05, 0) is 31.9 Å². The summed E-state index contributed by atoms with van der Waals surface area (Å²) in [6.45, 7) is 5.15. The minimum atomic E-state index is 0.207. The van der Waals surface area contributed by atoms with Crippen LogP contribution in [0.4, 0.5) is 0 Å². The highest BCUT2D eigenvalue weighted by molar-refractivity contribution is 5.83. The minimum absolute atomic E-state index is 0.207. The lowest BCUT2D eigenvalue weighted by Crippen LogP contribution is -2.39. The Bertz CT molecular complexity index is 811. The lowest BCUT2D eigenvalue weighted by molar-refractivity contribution is -0.132. The monoisotopic (exact) mass is 368 g/mol. The van der Waals surface area contributed by atoms with Gasteiger partial charge >= 0.3 is 0 Å². The number of pyridine rings is 1. The van der Waals surface area contributed by atoms with Crippen molar-refractivity contribution in [2.75, 3.05) is 26.2 Å². The number of nitrogens with zero attached hydrogens (tertiary/aromatic N) is 6. The maximum Gasteiger partial charge on any atom is 0.258 e. The summed E-state index contributed by atoms with van der Waals surface area (Å²) in [6, 6.07) is 3.70. The van der Waals surface area contributed by atoms with Crippen molar-refractivity contribution in [1.29, 1.82) is 0 Å². The van der Waals surface area contributed by atoms with Gasteiger partial charge in [-0.1, -0.05) is 5.16 Å².